The van der Waals surface area contributed by atoms with Gasteiger partial charge < -0.3 is 0 Å². The molecule has 0 aromatic rings. The second-order valence-electron chi connectivity index (χ2n) is 2.00. The van der Waals surface area contributed by atoms with E-state index in [4.69, 9.17) is 0 Å². The van der Waals surface area contributed by atoms with Gasteiger partial charge in [0.15, 0.2) is 0 Å². The van der Waals surface area contributed by atoms with Crippen molar-refractivity contribution in [3.8, 4) is 0 Å². The van der Waals surface area contributed by atoms with Crippen LogP contribution in [-0.2, 0) is 0 Å². The lowest BCUT2D eigenvalue weighted by Gasteiger charge is -2.01. The smallest absolute Gasteiger partial charge is 0.244 e. The Morgan fingerprint density at radius 1 is 1.33 bits per heavy atom. The van der Waals surface area contributed by atoms with E-state index in [0.717, 1.165) is 0 Å². The highest BCUT2D eigenvalue weighted by atomic mass is 19.4. The average molecular weight is 183 g/mol. The van der Waals surface area contributed by atoms with Crippen molar-refractivity contribution in [2.75, 3.05) is 0 Å². The second kappa shape index (κ2) is 2.76. The van der Waals surface area contributed by atoms with Gasteiger partial charge in [-0.15, -0.1) is 0 Å². The van der Waals surface area contributed by atoms with E-state index >= 15 is 0 Å². The van der Waals surface area contributed by atoms with Gasteiger partial charge in [-0.2, -0.15) is 13.2 Å². The van der Waals surface area contributed by atoms with Gasteiger partial charge in [0.2, 0.25) is 0 Å². The number of rotatable bonds is 1. The summed E-state index contributed by atoms with van der Waals surface area (Å²) in [5.74, 6) is 0. The van der Waals surface area contributed by atoms with Crippen molar-refractivity contribution in [3.05, 3.63) is 23.5 Å². The largest absolute Gasteiger partial charge is 0.418 e. The number of nitrogens with zero attached hydrogens (tertiary/aromatic N) is 1. The van der Waals surface area contributed by atoms with Gasteiger partial charge >= 0.3 is 6.18 Å². The van der Waals surface area contributed by atoms with Gasteiger partial charge in [0, 0.05) is 0 Å². The number of alkyl halides is 5. The third-order valence-corrected chi connectivity index (χ3v) is 1.13. The molecule has 1 rings (SSSR count). The first-order valence-electron chi connectivity index (χ1n) is 2.82. The summed E-state index contributed by atoms with van der Waals surface area (Å²) >= 11 is 0. The summed E-state index contributed by atoms with van der Waals surface area (Å²) in [6.45, 7) is 0. The zero-order chi connectivity index (χ0) is 9.35. The molecule has 1 aliphatic rings. The molecule has 0 saturated carbocycles. The Kier molecular flexibility index (Phi) is 2.08. The van der Waals surface area contributed by atoms with Crippen molar-refractivity contribution in [2.24, 2.45) is 0 Å². The summed E-state index contributed by atoms with van der Waals surface area (Å²) in [6, 6.07) is 0. The summed E-state index contributed by atoms with van der Waals surface area (Å²) in [5, 5.41) is 2.79. The molecule has 12 heavy (non-hydrogen) atoms. The molecule has 1 heterocycles. The van der Waals surface area contributed by atoms with Crippen LogP contribution in [0.1, 0.15) is 0 Å². The average Bonchev–Trinajstić information content (AvgIpc) is 2.30. The van der Waals surface area contributed by atoms with E-state index in [0.29, 0.717) is 0 Å². The van der Waals surface area contributed by atoms with Crippen LogP contribution in [0.5, 0.6) is 0 Å². The molecular weight excluding hydrogens is 181 g/mol. The van der Waals surface area contributed by atoms with Crippen LogP contribution in [0, 0.1) is 6.20 Å². The summed E-state index contributed by atoms with van der Waals surface area (Å²) in [4.78, 5) is 0. The number of halogens is 5. The number of hydrogen-bond donors (Lipinski definition) is 0. The number of allylic oxidation sites excluding steroid dienone is 3. The minimum Gasteiger partial charge on any atom is -0.244 e. The third-order valence-electron chi connectivity index (χ3n) is 1.13. The Balaban J connectivity index is 2.75. The predicted molar refractivity (Wildman–Crippen MR) is 29.0 cm³/mol. The lowest BCUT2D eigenvalue weighted by Crippen LogP contribution is -2.08. The van der Waals surface area contributed by atoms with Crippen LogP contribution >= 0.6 is 0 Å². The first kappa shape index (κ1) is 9.02. The zero-order valence-corrected chi connectivity index (χ0v) is 5.49. The van der Waals surface area contributed by atoms with E-state index in [9.17, 15) is 22.0 Å². The fraction of sp³-hybridized carbons (Fsp3) is 0.333. The Morgan fingerprint density at radius 2 is 1.92 bits per heavy atom. The molecule has 0 aliphatic carbocycles. The number of hydrogen-bond acceptors (Lipinski definition) is 0. The zero-order valence-electron chi connectivity index (χ0n) is 5.49. The molecule has 0 unspecified atom stereocenters. The molecule has 1 aliphatic heterocycles. The first-order valence-corrected chi connectivity index (χ1v) is 2.82. The maximum absolute atomic E-state index is 11.7. The van der Waals surface area contributed by atoms with Gasteiger partial charge in [0.25, 0.3) is 6.43 Å². The second-order valence-corrected chi connectivity index (χ2v) is 2.00. The van der Waals surface area contributed by atoms with E-state index in [1.54, 1.807) is 0 Å². The predicted octanol–water partition coefficient (Wildman–Crippen LogP) is 2.00. The van der Waals surface area contributed by atoms with Crippen molar-refractivity contribution in [3.63, 3.8) is 0 Å². The van der Waals surface area contributed by atoms with Gasteiger partial charge in [-0.05, 0) is 6.08 Å². The fourth-order valence-electron chi connectivity index (χ4n) is 0.594. The lowest BCUT2D eigenvalue weighted by molar-refractivity contribution is -0.0885. The Labute approximate surface area is 64.6 Å². The molecule has 6 heteroatoms. The van der Waals surface area contributed by atoms with Crippen LogP contribution in [0.25, 0.3) is 0 Å². The lowest BCUT2D eigenvalue weighted by atomic mass is 10.3. The van der Waals surface area contributed by atoms with Crippen molar-refractivity contribution in [1.29, 1.82) is 0 Å². The summed E-state index contributed by atoms with van der Waals surface area (Å²) in [7, 11) is 0. The minimum atomic E-state index is -4.65. The molecule has 0 bridgehead atoms. The van der Waals surface area contributed by atoms with Crippen LogP contribution in [0.4, 0.5) is 22.0 Å². The van der Waals surface area contributed by atoms with Gasteiger partial charge in [-0.25, -0.2) is 14.1 Å². The summed E-state index contributed by atoms with van der Waals surface area (Å²) in [6.07, 6.45) is -5.89. The molecule has 2 radical (unpaired) electrons. The minimum absolute atomic E-state index is 0.282. The summed E-state index contributed by atoms with van der Waals surface area (Å²) in [5.41, 5.74) is -2.17. The van der Waals surface area contributed by atoms with Crippen LogP contribution in [0.2, 0.25) is 0 Å². The van der Waals surface area contributed by atoms with E-state index in [1.165, 1.54) is 6.20 Å². The molecule has 0 fully saturated rings. The molecule has 66 valence electrons. The van der Waals surface area contributed by atoms with Gasteiger partial charge in [0.05, 0.1) is 5.57 Å². The topological polar surface area (TPSA) is 14.1 Å². The molecule has 0 atom stereocenters. The Bertz CT molecular complexity index is 237. The third kappa shape index (κ3) is 1.75. The maximum atomic E-state index is 11.7. The van der Waals surface area contributed by atoms with Crippen molar-refractivity contribution in [2.45, 2.75) is 12.6 Å². The molecule has 0 amide bonds. The molecule has 0 spiro atoms. The summed E-state index contributed by atoms with van der Waals surface area (Å²) < 4.78 is 58.7. The molecule has 1 nitrogen and oxygen atoms in total. The van der Waals surface area contributed by atoms with Gasteiger partial charge in [-0.3, -0.25) is 0 Å². The normalized spacial score (nSPS) is 17.5. The van der Waals surface area contributed by atoms with Crippen LogP contribution in [0.3, 0.4) is 0 Å². The molecular formula is C6H2F5N. The first-order chi connectivity index (χ1) is 5.41. The molecule has 0 aromatic heterocycles. The van der Waals surface area contributed by atoms with E-state index < -0.39 is 23.9 Å². The standard InChI is InChI=1S/C6H2F5N/c7-5(8)4-1-3(2-12-4)6(9,10)11/h1,5H. The highest BCUT2D eigenvalue weighted by Crippen LogP contribution is 2.30. The van der Waals surface area contributed by atoms with Crippen molar-refractivity contribution in [1.82, 2.24) is 5.32 Å². The van der Waals surface area contributed by atoms with Gasteiger partial charge in [0.1, 0.15) is 11.9 Å². The van der Waals surface area contributed by atoms with Crippen LogP contribution in [0.15, 0.2) is 17.3 Å². The SMILES string of the molecule is FC(F)C1=CC(C(F)(F)F)=[C][N]1. The maximum Gasteiger partial charge on any atom is 0.418 e. The Morgan fingerprint density at radius 3 is 2.17 bits per heavy atom. The molecule has 0 saturated heterocycles. The van der Waals surface area contributed by atoms with Crippen molar-refractivity contribution >= 4 is 0 Å². The highest BCUT2D eigenvalue weighted by Gasteiger charge is 2.36. The van der Waals surface area contributed by atoms with E-state index in [-0.39, 0.29) is 6.08 Å². The van der Waals surface area contributed by atoms with E-state index in [2.05, 4.69) is 5.32 Å². The fourth-order valence-corrected chi connectivity index (χ4v) is 0.594. The van der Waals surface area contributed by atoms with Gasteiger partial charge in [-0.1, -0.05) is 0 Å². The molecule has 0 N–H and O–H groups in total. The van der Waals surface area contributed by atoms with Crippen LogP contribution in [-0.4, -0.2) is 12.6 Å². The Hall–Kier alpha value is -1.07. The molecule has 0 aromatic carbocycles. The van der Waals surface area contributed by atoms with Crippen molar-refractivity contribution < 1.29 is 22.0 Å². The monoisotopic (exact) mass is 183 g/mol. The van der Waals surface area contributed by atoms with E-state index in [1.807, 2.05) is 0 Å². The van der Waals surface area contributed by atoms with Crippen LogP contribution < -0.4 is 5.32 Å². The highest BCUT2D eigenvalue weighted by molar-refractivity contribution is 5.31. The quantitative estimate of drug-likeness (QED) is 0.552.